The smallest absolute Gasteiger partial charge is 0.254 e. The molecular weight excluding hydrogens is 358 g/mol. The first-order chi connectivity index (χ1) is 13.6. The maximum absolute atomic E-state index is 13.1. The Kier molecular flexibility index (Phi) is 4.68. The molecular formula is C20H21N5O3. The van der Waals surface area contributed by atoms with E-state index in [4.69, 9.17) is 9.47 Å². The molecule has 0 N–H and O–H groups in total. The molecule has 8 heteroatoms. The van der Waals surface area contributed by atoms with E-state index in [9.17, 15) is 4.79 Å². The van der Waals surface area contributed by atoms with Gasteiger partial charge in [0.2, 0.25) is 0 Å². The highest BCUT2D eigenvalue weighted by Gasteiger charge is 2.24. The summed E-state index contributed by atoms with van der Waals surface area (Å²) in [6, 6.07) is 11.3. The zero-order valence-corrected chi connectivity index (χ0v) is 16.0. The fraction of sp³-hybridized carbons (Fsp3) is 0.300. The van der Waals surface area contributed by atoms with Gasteiger partial charge in [-0.05, 0) is 65.2 Å². The van der Waals surface area contributed by atoms with Crippen LogP contribution in [0.3, 0.4) is 0 Å². The minimum atomic E-state index is -0.0204. The third-order valence-electron chi connectivity index (χ3n) is 4.97. The van der Waals surface area contributed by atoms with Crippen molar-refractivity contribution in [1.82, 2.24) is 25.1 Å². The fourth-order valence-electron chi connectivity index (χ4n) is 3.48. The molecule has 0 radical (unpaired) electrons. The van der Waals surface area contributed by atoms with Gasteiger partial charge in [-0.25, -0.2) is 0 Å². The molecule has 1 aliphatic rings. The Bertz CT molecular complexity index is 1030. The number of aromatic nitrogens is 4. The molecule has 4 rings (SSSR count). The van der Waals surface area contributed by atoms with Crippen molar-refractivity contribution in [2.75, 3.05) is 20.8 Å². The highest BCUT2D eigenvalue weighted by atomic mass is 16.5. The van der Waals surface area contributed by atoms with Crippen molar-refractivity contribution in [1.29, 1.82) is 0 Å². The molecule has 1 aromatic heterocycles. The summed E-state index contributed by atoms with van der Waals surface area (Å²) in [6.45, 7) is 3.00. The number of hydrogen-bond donors (Lipinski definition) is 0. The van der Waals surface area contributed by atoms with Crippen LogP contribution in [0.1, 0.15) is 27.3 Å². The molecule has 0 fully saturated rings. The molecule has 2 aromatic carbocycles. The molecule has 0 unspecified atom stereocenters. The normalized spacial score (nSPS) is 13.2. The minimum absolute atomic E-state index is 0.0204. The highest BCUT2D eigenvalue weighted by Crippen LogP contribution is 2.33. The number of carbonyl (C=O) groups excluding carboxylic acids is 1. The summed E-state index contributed by atoms with van der Waals surface area (Å²) >= 11 is 0. The number of fused-ring (bicyclic) bond motifs is 1. The van der Waals surface area contributed by atoms with Crippen LogP contribution in [0.4, 0.5) is 0 Å². The number of amides is 1. The topological polar surface area (TPSA) is 82.4 Å². The van der Waals surface area contributed by atoms with E-state index in [2.05, 4.69) is 15.5 Å². The van der Waals surface area contributed by atoms with E-state index in [0.717, 1.165) is 17.7 Å². The lowest BCUT2D eigenvalue weighted by Gasteiger charge is -2.29. The van der Waals surface area contributed by atoms with Crippen LogP contribution in [0.2, 0.25) is 0 Å². The number of benzene rings is 2. The molecule has 1 amide bonds. The van der Waals surface area contributed by atoms with Crippen molar-refractivity contribution in [2.24, 2.45) is 0 Å². The average molecular weight is 379 g/mol. The van der Waals surface area contributed by atoms with Crippen LogP contribution in [0.15, 0.2) is 36.4 Å². The Morgan fingerprint density at radius 1 is 1.07 bits per heavy atom. The van der Waals surface area contributed by atoms with Crippen molar-refractivity contribution in [3.63, 3.8) is 0 Å². The molecule has 0 atom stereocenters. The molecule has 0 saturated heterocycles. The SMILES string of the molecule is COc1cc2c(cc1OC)CN(C(=O)c1cccc(-n3nnnc3C)c1)CC2. The second kappa shape index (κ2) is 7.30. The molecule has 0 spiro atoms. The van der Waals surface area contributed by atoms with E-state index in [1.807, 2.05) is 48.2 Å². The van der Waals surface area contributed by atoms with Crippen molar-refractivity contribution < 1.29 is 14.3 Å². The monoisotopic (exact) mass is 379 g/mol. The maximum Gasteiger partial charge on any atom is 0.254 e. The van der Waals surface area contributed by atoms with Crippen LogP contribution in [0.5, 0.6) is 11.5 Å². The van der Waals surface area contributed by atoms with Gasteiger partial charge in [0, 0.05) is 18.7 Å². The second-order valence-electron chi connectivity index (χ2n) is 6.64. The van der Waals surface area contributed by atoms with Crippen LogP contribution in [0, 0.1) is 6.92 Å². The highest BCUT2D eigenvalue weighted by molar-refractivity contribution is 5.95. The van der Waals surface area contributed by atoms with Gasteiger partial charge in [0.25, 0.3) is 5.91 Å². The first-order valence-corrected chi connectivity index (χ1v) is 8.99. The van der Waals surface area contributed by atoms with Gasteiger partial charge in [-0.15, -0.1) is 5.10 Å². The van der Waals surface area contributed by atoms with E-state index in [1.165, 1.54) is 5.56 Å². The van der Waals surface area contributed by atoms with E-state index in [1.54, 1.807) is 18.9 Å². The number of carbonyl (C=O) groups is 1. The van der Waals surface area contributed by atoms with Gasteiger partial charge < -0.3 is 14.4 Å². The quantitative estimate of drug-likeness (QED) is 0.691. The molecule has 3 aromatic rings. The lowest BCUT2D eigenvalue weighted by molar-refractivity contribution is 0.0734. The van der Waals surface area contributed by atoms with Crippen LogP contribution in [-0.2, 0) is 13.0 Å². The minimum Gasteiger partial charge on any atom is -0.493 e. The summed E-state index contributed by atoms with van der Waals surface area (Å²) in [5.41, 5.74) is 3.62. The van der Waals surface area contributed by atoms with E-state index < -0.39 is 0 Å². The Balaban J connectivity index is 1.60. The van der Waals surface area contributed by atoms with Crippen molar-refractivity contribution in [3.05, 3.63) is 58.9 Å². The lowest BCUT2D eigenvalue weighted by Crippen LogP contribution is -2.36. The number of tetrazole rings is 1. The molecule has 0 aliphatic carbocycles. The van der Waals surface area contributed by atoms with Gasteiger partial charge in [0.15, 0.2) is 17.3 Å². The fourth-order valence-corrected chi connectivity index (χ4v) is 3.48. The predicted octanol–water partition coefficient (Wildman–Crippen LogP) is 2.19. The molecule has 0 saturated carbocycles. The Morgan fingerprint density at radius 2 is 1.82 bits per heavy atom. The zero-order chi connectivity index (χ0) is 19.7. The van der Waals surface area contributed by atoms with E-state index in [0.29, 0.717) is 36.0 Å². The summed E-state index contributed by atoms with van der Waals surface area (Å²) in [6.07, 6.45) is 0.771. The van der Waals surface area contributed by atoms with Crippen LogP contribution < -0.4 is 9.47 Å². The van der Waals surface area contributed by atoms with E-state index >= 15 is 0 Å². The number of ether oxygens (including phenoxy) is 2. The van der Waals surface area contributed by atoms with Crippen molar-refractivity contribution in [2.45, 2.75) is 19.9 Å². The van der Waals surface area contributed by atoms with Gasteiger partial charge in [0.05, 0.1) is 19.9 Å². The molecule has 0 bridgehead atoms. The molecule has 1 aliphatic heterocycles. The first-order valence-electron chi connectivity index (χ1n) is 8.99. The zero-order valence-electron chi connectivity index (χ0n) is 16.0. The summed E-state index contributed by atoms with van der Waals surface area (Å²) in [7, 11) is 3.24. The van der Waals surface area contributed by atoms with Crippen molar-refractivity contribution >= 4 is 5.91 Å². The standard InChI is InChI=1S/C20H21N5O3/c1-13-21-22-23-25(13)17-6-4-5-15(9-17)20(26)24-8-7-14-10-18(27-2)19(28-3)11-16(14)12-24/h4-6,9-11H,7-8,12H2,1-3H3. The van der Waals surface area contributed by atoms with Gasteiger partial charge in [-0.3, -0.25) is 4.79 Å². The summed E-state index contributed by atoms with van der Waals surface area (Å²) < 4.78 is 12.4. The number of rotatable bonds is 4. The molecule has 144 valence electrons. The second-order valence-corrected chi connectivity index (χ2v) is 6.64. The first kappa shape index (κ1) is 18.0. The number of nitrogens with zero attached hydrogens (tertiary/aromatic N) is 5. The number of methoxy groups -OCH3 is 2. The number of aryl methyl sites for hydroxylation is 1. The van der Waals surface area contributed by atoms with Gasteiger partial charge in [0.1, 0.15) is 0 Å². The summed E-state index contributed by atoms with van der Waals surface area (Å²) in [5.74, 6) is 2.03. The van der Waals surface area contributed by atoms with Crippen LogP contribution in [0.25, 0.3) is 5.69 Å². The molecule has 2 heterocycles. The number of hydrogen-bond acceptors (Lipinski definition) is 6. The third-order valence-corrected chi connectivity index (χ3v) is 4.97. The van der Waals surface area contributed by atoms with Crippen LogP contribution >= 0.6 is 0 Å². The lowest BCUT2D eigenvalue weighted by atomic mass is 9.98. The van der Waals surface area contributed by atoms with Gasteiger partial charge in [-0.2, -0.15) is 4.68 Å². The summed E-state index contributed by atoms with van der Waals surface area (Å²) in [5, 5.41) is 11.5. The Hall–Kier alpha value is -3.42. The predicted molar refractivity (Wildman–Crippen MR) is 102 cm³/mol. The maximum atomic E-state index is 13.1. The summed E-state index contributed by atoms with van der Waals surface area (Å²) in [4.78, 5) is 14.9. The van der Waals surface area contributed by atoms with Gasteiger partial charge >= 0.3 is 0 Å². The molecule has 8 nitrogen and oxygen atoms in total. The Labute approximate surface area is 162 Å². The third kappa shape index (κ3) is 3.17. The molecule has 28 heavy (non-hydrogen) atoms. The van der Waals surface area contributed by atoms with E-state index in [-0.39, 0.29) is 5.91 Å². The van der Waals surface area contributed by atoms with Crippen LogP contribution in [-0.4, -0.2) is 51.8 Å². The largest absolute Gasteiger partial charge is 0.493 e. The Morgan fingerprint density at radius 3 is 2.50 bits per heavy atom. The average Bonchev–Trinajstić information content (AvgIpc) is 3.17. The van der Waals surface area contributed by atoms with Crippen molar-refractivity contribution in [3.8, 4) is 17.2 Å². The van der Waals surface area contributed by atoms with Gasteiger partial charge in [-0.1, -0.05) is 6.07 Å².